The molecule has 0 spiro atoms. The molecule has 2 amide bonds. The summed E-state index contributed by atoms with van der Waals surface area (Å²) in [5.74, 6) is 0.970. The van der Waals surface area contributed by atoms with Crippen LogP contribution < -0.4 is 11.1 Å². The van der Waals surface area contributed by atoms with Crippen molar-refractivity contribution < 1.29 is 14.0 Å². The van der Waals surface area contributed by atoms with Gasteiger partial charge < -0.3 is 25.1 Å². The SMILES string of the molecule is C[C@@H](NC(=O)c1cnn(C2CC2)c1)c1ccc2cc(-c3nc4cc(C(=O)N5C[C@H](N)[C@H]6CC[C@@H]5C6)cc(F)c4n3C3CC3)n(CC3CC3)c2n1. The third-order valence-electron chi connectivity index (χ3n) is 11.8. The van der Waals surface area contributed by atoms with Crippen LogP contribution in [0.25, 0.3) is 33.6 Å². The molecular formula is C38H42FN9O2. The van der Waals surface area contributed by atoms with Gasteiger partial charge in [-0.2, -0.15) is 5.10 Å². The van der Waals surface area contributed by atoms with E-state index < -0.39 is 5.82 Å². The molecule has 5 heterocycles. The monoisotopic (exact) mass is 675 g/mol. The molecule has 1 saturated heterocycles. The number of nitrogens with two attached hydrogens (primary N) is 1. The summed E-state index contributed by atoms with van der Waals surface area (Å²) in [6, 6.07) is 9.68. The molecule has 4 atom stereocenters. The van der Waals surface area contributed by atoms with Crippen LogP contribution in [0, 0.1) is 17.7 Å². The van der Waals surface area contributed by atoms with Crippen molar-refractivity contribution in [1.82, 2.24) is 39.1 Å². The molecule has 5 aromatic rings. The Labute approximate surface area is 289 Å². The van der Waals surface area contributed by atoms with Crippen LogP contribution in [-0.2, 0) is 6.54 Å². The van der Waals surface area contributed by atoms with Crippen molar-refractivity contribution >= 4 is 33.9 Å². The number of benzene rings is 1. The highest BCUT2D eigenvalue weighted by atomic mass is 19.1. The number of nitrogens with zero attached hydrogens (tertiary/aromatic N) is 7. The van der Waals surface area contributed by atoms with Gasteiger partial charge in [-0.1, -0.05) is 0 Å². The lowest BCUT2D eigenvalue weighted by atomic mass is 9.94. The molecule has 11 nitrogen and oxygen atoms in total. The number of fused-ring (bicyclic) bond motifs is 4. The smallest absolute Gasteiger partial charge is 0.254 e. The van der Waals surface area contributed by atoms with E-state index >= 15 is 4.39 Å². The Kier molecular flexibility index (Phi) is 6.79. The van der Waals surface area contributed by atoms with Gasteiger partial charge in [-0.15, -0.1) is 0 Å². The van der Waals surface area contributed by atoms with E-state index in [-0.39, 0.29) is 36.0 Å². The van der Waals surface area contributed by atoms with Crippen molar-refractivity contribution in [2.24, 2.45) is 17.6 Å². The minimum atomic E-state index is -0.417. The normalized spacial score (nSPS) is 24.0. The molecule has 5 aliphatic rings. The summed E-state index contributed by atoms with van der Waals surface area (Å²) in [5.41, 5.74) is 10.7. The number of piperidine rings is 1. The van der Waals surface area contributed by atoms with E-state index in [0.717, 1.165) is 86.8 Å². The third-order valence-corrected chi connectivity index (χ3v) is 11.8. The van der Waals surface area contributed by atoms with Crippen LogP contribution in [0.15, 0.2) is 42.7 Å². The van der Waals surface area contributed by atoms with E-state index in [1.54, 1.807) is 12.3 Å². The average Bonchev–Trinajstić information content (AvgIpc) is 4.09. The lowest BCUT2D eigenvalue weighted by Crippen LogP contribution is -2.51. The first-order valence-corrected chi connectivity index (χ1v) is 18.4. The summed E-state index contributed by atoms with van der Waals surface area (Å²) in [6.45, 7) is 3.25. The zero-order chi connectivity index (χ0) is 33.8. The van der Waals surface area contributed by atoms with Gasteiger partial charge in [0.25, 0.3) is 11.8 Å². The number of hydrogen-bond acceptors (Lipinski definition) is 6. The molecule has 0 unspecified atom stereocenters. The van der Waals surface area contributed by atoms with Crippen molar-refractivity contribution in [2.45, 2.75) is 101 Å². The van der Waals surface area contributed by atoms with Crippen molar-refractivity contribution in [3.8, 4) is 11.5 Å². The van der Waals surface area contributed by atoms with E-state index in [1.807, 2.05) is 28.8 Å². The summed E-state index contributed by atoms with van der Waals surface area (Å²) in [6.07, 6.45) is 12.8. The van der Waals surface area contributed by atoms with Gasteiger partial charge in [0.05, 0.1) is 40.7 Å². The molecule has 50 heavy (non-hydrogen) atoms. The zero-order valence-corrected chi connectivity index (χ0v) is 28.3. The molecule has 4 aliphatic carbocycles. The van der Waals surface area contributed by atoms with Gasteiger partial charge in [-0.05, 0) is 107 Å². The van der Waals surface area contributed by atoms with Crippen LogP contribution in [0.1, 0.15) is 109 Å². The van der Waals surface area contributed by atoms with Crippen molar-refractivity contribution in [3.05, 3.63) is 65.4 Å². The first kappa shape index (κ1) is 30.3. The molecule has 4 saturated carbocycles. The van der Waals surface area contributed by atoms with Crippen LogP contribution in [0.5, 0.6) is 0 Å². The van der Waals surface area contributed by atoms with Crippen LogP contribution >= 0.6 is 0 Å². The van der Waals surface area contributed by atoms with Crippen molar-refractivity contribution in [1.29, 1.82) is 0 Å². The molecular weight excluding hydrogens is 633 g/mol. The molecule has 1 aliphatic heterocycles. The Morgan fingerprint density at radius 3 is 2.56 bits per heavy atom. The molecule has 10 rings (SSSR count). The topological polar surface area (TPSA) is 129 Å². The number of halogens is 1. The number of hydrogen-bond donors (Lipinski definition) is 2. The third kappa shape index (κ3) is 5.13. The van der Waals surface area contributed by atoms with Gasteiger partial charge in [-0.25, -0.2) is 14.4 Å². The number of rotatable bonds is 9. The highest BCUT2D eigenvalue weighted by Crippen LogP contribution is 2.44. The van der Waals surface area contributed by atoms with E-state index in [0.29, 0.717) is 52.4 Å². The second-order valence-electron chi connectivity index (χ2n) is 15.6. The maximum absolute atomic E-state index is 16.2. The maximum atomic E-state index is 16.2. The fourth-order valence-electron chi connectivity index (χ4n) is 8.44. The lowest BCUT2D eigenvalue weighted by molar-refractivity contribution is 0.0603. The Hall–Kier alpha value is -4.58. The number of carbonyl (C=O) groups is 2. The fraction of sp³-hybridized carbons (Fsp3) is 0.500. The Bertz CT molecular complexity index is 2190. The van der Waals surface area contributed by atoms with E-state index in [1.165, 1.54) is 6.07 Å². The van der Waals surface area contributed by atoms with E-state index in [4.69, 9.17) is 15.7 Å². The molecule has 1 aromatic carbocycles. The lowest BCUT2D eigenvalue weighted by Gasteiger charge is -2.37. The molecule has 2 bridgehead atoms. The minimum Gasteiger partial charge on any atom is -0.344 e. The highest BCUT2D eigenvalue weighted by Gasteiger charge is 2.41. The van der Waals surface area contributed by atoms with E-state index in [2.05, 4.69) is 31.7 Å². The quantitative estimate of drug-likeness (QED) is 0.200. The number of likely N-dealkylation sites (tertiary alicyclic amines) is 1. The zero-order valence-electron chi connectivity index (χ0n) is 28.3. The summed E-state index contributed by atoms with van der Waals surface area (Å²) >= 11 is 0. The van der Waals surface area contributed by atoms with Crippen LogP contribution in [0.4, 0.5) is 4.39 Å². The summed E-state index contributed by atoms with van der Waals surface area (Å²) in [7, 11) is 0. The Morgan fingerprint density at radius 2 is 1.78 bits per heavy atom. The van der Waals surface area contributed by atoms with Crippen LogP contribution in [-0.4, -0.2) is 64.2 Å². The number of imidazole rings is 1. The number of pyridine rings is 1. The fourth-order valence-corrected chi connectivity index (χ4v) is 8.44. The van der Waals surface area contributed by atoms with Gasteiger partial charge in [0.15, 0.2) is 5.82 Å². The first-order chi connectivity index (χ1) is 24.3. The molecule has 5 fully saturated rings. The highest BCUT2D eigenvalue weighted by molar-refractivity contribution is 5.99. The van der Waals surface area contributed by atoms with Gasteiger partial charge >= 0.3 is 0 Å². The standard InChI is InChI=1S/C38H42FN9O2/c1-20(42-37(49)25-16-41-47(18-25)26-7-8-26)31-11-5-23-15-33(46(35(23)43-31)17-21-2-3-21)36-44-32-14-24(13-29(39)34(32)48(36)27-9-10-27)38(50)45-19-30(40)22-4-6-28(45)12-22/h5,11,13-16,18,20-22,26-28,30H,2-4,6-10,12,17,19,40H2,1H3,(H,42,49)/t20-,22+,28-,30+/m1/s1. The molecule has 0 radical (unpaired) electrons. The van der Waals surface area contributed by atoms with Gasteiger partial charge in [0.1, 0.15) is 17.0 Å². The van der Waals surface area contributed by atoms with Crippen molar-refractivity contribution in [2.75, 3.05) is 6.54 Å². The second kappa shape index (κ2) is 11.2. The van der Waals surface area contributed by atoms with Crippen LogP contribution in [0.2, 0.25) is 0 Å². The van der Waals surface area contributed by atoms with E-state index in [9.17, 15) is 9.59 Å². The predicted octanol–water partition coefficient (Wildman–Crippen LogP) is 5.91. The van der Waals surface area contributed by atoms with Gasteiger partial charge in [-0.3, -0.25) is 14.3 Å². The molecule has 4 aromatic heterocycles. The summed E-state index contributed by atoms with van der Waals surface area (Å²) in [4.78, 5) is 39.0. The number of nitrogens with one attached hydrogen (secondary N) is 1. The van der Waals surface area contributed by atoms with Crippen LogP contribution in [0.3, 0.4) is 0 Å². The van der Waals surface area contributed by atoms with Crippen molar-refractivity contribution in [3.63, 3.8) is 0 Å². The second-order valence-corrected chi connectivity index (χ2v) is 15.6. The molecule has 12 heteroatoms. The minimum absolute atomic E-state index is 0.0363. The largest absolute Gasteiger partial charge is 0.344 e. The number of amides is 2. The molecule has 3 N–H and O–H groups in total. The maximum Gasteiger partial charge on any atom is 0.254 e. The number of aromatic nitrogens is 6. The van der Waals surface area contributed by atoms with Gasteiger partial charge in [0.2, 0.25) is 0 Å². The van der Waals surface area contributed by atoms with Gasteiger partial charge in [0, 0.05) is 48.4 Å². The average molecular weight is 676 g/mol. The predicted molar refractivity (Wildman–Crippen MR) is 186 cm³/mol. The summed E-state index contributed by atoms with van der Waals surface area (Å²) < 4.78 is 22.4. The number of carbonyl (C=O) groups excluding carboxylic acids is 2. The summed E-state index contributed by atoms with van der Waals surface area (Å²) in [5, 5.41) is 8.44. The molecule has 258 valence electrons. The first-order valence-electron chi connectivity index (χ1n) is 18.4. The Morgan fingerprint density at radius 1 is 0.980 bits per heavy atom. The Balaban J connectivity index is 1.01.